The smallest absolute Gasteiger partial charge is 0.186 e. The lowest BCUT2D eigenvalue weighted by Crippen LogP contribution is -2.16. The van der Waals surface area contributed by atoms with E-state index in [4.69, 9.17) is 0 Å². The van der Waals surface area contributed by atoms with Crippen molar-refractivity contribution in [3.8, 4) is 6.07 Å². The van der Waals surface area contributed by atoms with Crippen LogP contribution >= 0.6 is 23.5 Å². The number of ketones is 1. The summed E-state index contributed by atoms with van der Waals surface area (Å²) >= 11 is 2.97. The minimum absolute atomic E-state index is 0.130. The lowest BCUT2D eigenvalue weighted by Gasteiger charge is -2.14. The Morgan fingerprint density at radius 2 is 2.00 bits per heavy atom. The Labute approximate surface area is 156 Å². The van der Waals surface area contributed by atoms with Crippen LogP contribution in [0.1, 0.15) is 11.1 Å². The maximum Gasteiger partial charge on any atom is 0.186 e. The first-order valence-electron chi connectivity index (χ1n) is 7.89. The fourth-order valence-corrected chi connectivity index (χ4v) is 4.77. The van der Waals surface area contributed by atoms with E-state index in [9.17, 15) is 10.1 Å². The second kappa shape index (κ2) is 7.38. The van der Waals surface area contributed by atoms with Gasteiger partial charge < -0.3 is 4.90 Å². The standard InChI is InChI=1S/C20H18N2OS2/c1-13-8-9-18(14(2)10-13)24-12-17(23)15(11-21)20-22(3)16-6-4-5-7-19(16)25-20/h4-10H,12H2,1-3H3/b20-15-. The summed E-state index contributed by atoms with van der Waals surface area (Å²) in [5, 5.41) is 10.3. The van der Waals surface area contributed by atoms with E-state index in [0.717, 1.165) is 26.1 Å². The van der Waals surface area contributed by atoms with Gasteiger partial charge in [-0.1, -0.05) is 41.6 Å². The van der Waals surface area contributed by atoms with Crippen molar-refractivity contribution in [2.24, 2.45) is 0 Å². The van der Waals surface area contributed by atoms with E-state index in [2.05, 4.69) is 19.1 Å². The van der Waals surface area contributed by atoms with Crippen molar-refractivity contribution in [3.05, 3.63) is 64.2 Å². The second-order valence-corrected chi connectivity index (χ2v) is 7.95. The summed E-state index contributed by atoms with van der Waals surface area (Å²) in [5.41, 5.74) is 3.63. The number of hydrogen-bond acceptors (Lipinski definition) is 5. The van der Waals surface area contributed by atoms with E-state index < -0.39 is 0 Å². The molecule has 25 heavy (non-hydrogen) atoms. The summed E-state index contributed by atoms with van der Waals surface area (Å²) in [4.78, 5) is 16.7. The van der Waals surface area contributed by atoms with E-state index >= 15 is 0 Å². The van der Waals surface area contributed by atoms with Crippen LogP contribution in [0.25, 0.3) is 0 Å². The van der Waals surface area contributed by atoms with Crippen LogP contribution in [0.2, 0.25) is 0 Å². The van der Waals surface area contributed by atoms with Gasteiger partial charge in [0, 0.05) is 16.8 Å². The van der Waals surface area contributed by atoms with Crippen molar-refractivity contribution in [2.75, 3.05) is 17.7 Å². The SMILES string of the molecule is Cc1ccc(SCC(=O)/C(C#N)=C2\Sc3ccccc3N2C)c(C)c1. The zero-order valence-corrected chi connectivity index (χ0v) is 16.0. The van der Waals surface area contributed by atoms with Crippen LogP contribution in [-0.2, 0) is 4.79 Å². The molecule has 1 aliphatic heterocycles. The van der Waals surface area contributed by atoms with E-state index in [-0.39, 0.29) is 17.1 Å². The fraction of sp³-hybridized carbons (Fsp3) is 0.200. The molecule has 5 heteroatoms. The molecule has 0 saturated heterocycles. The largest absolute Gasteiger partial charge is 0.337 e. The predicted molar refractivity (Wildman–Crippen MR) is 105 cm³/mol. The molecule has 1 heterocycles. The summed E-state index contributed by atoms with van der Waals surface area (Å²) in [6.07, 6.45) is 0. The Bertz CT molecular complexity index is 912. The summed E-state index contributed by atoms with van der Waals surface area (Å²) in [7, 11) is 1.90. The van der Waals surface area contributed by atoms with Crippen molar-refractivity contribution in [1.82, 2.24) is 0 Å². The zero-order chi connectivity index (χ0) is 18.0. The first kappa shape index (κ1) is 17.7. The van der Waals surface area contributed by atoms with Gasteiger partial charge >= 0.3 is 0 Å². The lowest BCUT2D eigenvalue weighted by molar-refractivity contribution is -0.112. The van der Waals surface area contributed by atoms with Gasteiger partial charge in [0.1, 0.15) is 16.7 Å². The number of anilines is 1. The average Bonchev–Trinajstić information content (AvgIpc) is 2.92. The van der Waals surface area contributed by atoms with Crippen LogP contribution in [-0.4, -0.2) is 18.6 Å². The second-order valence-electron chi connectivity index (χ2n) is 5.90. The molecule has 0 saturated carbocycles. The van der Waals surface area contributed by atoms with Crippen molar-refractivity contribution >= 4 is 35.0 Å². The predicted octanol–water partition coefficient (Wildman–Crippen LogP) is 4.94. The number of carbonyl (C=O) groups excluding carboxylic acids is 1. The van der Waals surface area contributed by atoms with Gasteiger partial charge in [-0.2, -0.15) is 5.26 Å². The molecule has 0 aromatic heterocycles. The molecule has 126 valence electrons. The Hall–Kier alpha value is -2.16. The van der Waals surface area contributed by atoms with Gasteiger partial charge in [0.2, 0.25) is 0 Å². The number of allylic oxidation sites excluding steroid dienone is 1. The van der Waals surface area contributed by atoms with Crippen LogP contribution < -0.4 is 4.90 Å². The number of rotatable bonds is 4. The number of fused-ring (bicyclic) bond motifs is 1. The van der Waals surface area contributed by atoms with E-state index in [1.165, 1.54) is 29.1 Å². The normalized spacial score (nSPS) is 14.9. The Morgan fingerprint density at radius 1 is 1.24 bits per heavy atom. The topological polar surface area (TPSA) is 44.1 Å². The minimum Gasteiger partial charge on any atom is -0.337 e. The average molecular weight is 367 g/mol. The molecule has 0 unspecified atom stereocenters. The van der Waals surface area contributed by atoms with Gasteiger partial charge in [-0.3, -0.25) is 4.79 Å². The molecule has 0 amide bonds. The number of carbonyl (C=O) groups is 1. The molecule has 0 aliphatic carbocycles. The molecule has 2 aromatic carbocycles. The maximum absolute atomic E-state index is 12.7. The van der Waals surface area contributed by atoms with Crippen molar-refractivity contribution in [2.45, 2.75) is 23.6 Å². The third-order valence-electron chi connectivity index (χ3n) is 4.03. The van der Waals surface area contributed by atoms with Gasteiger partial charge in [0.25, 0.3) is 0 Å². The molecule has 0 bridgehead atoms. The molecule has 0 atom stereocenters. The fourth-order valence-electron chi connectivity index (χ4n) is 2.73. The highest BCUT2D eigenvalue weighted by Gasteiger charge is 2.27. The van der Waals surface area contributed by atoms with Crippen LogP contribution in [0.3, 0.4) is 0 Å². The Balaban J connectivity index is 1.80. The summed E-state index contributed by atoms with van der Waals surface area (Å²) < 4.78 is 0. The van der Waals surface area contributed by atoms with Crippen LogP contribution in [0, 0.1) is 25.2 Å². The number of aryl methyl sites for hydroxylation is 2. The molecule has 0 spiro atoms. The number of nitriles is 1. The number of hydrogen-bond donors (Lipinski definition) is 0. The van der Waals surface area contributed by atoms with Crippen molar-refractivity contribution in [3.63, 3.8) is 0 Å². The molecule has 2 aromatic rings. The summed E-state index contributed by atoms with van der Waals surface area (Å²) in [6, 6.07) is 16.2. The highest BCUT2D eigenvalue weighted by atomic mass is 32.2. The molecule has 0 N–H and O–H groups in total. The molecular weight excluding hydrogens is 348 g/mol. The Morgan fingerprint density at radius 3 is 2.68 bits per heavy atom. The molecule has 3 nitrogen and oxygen atoms in total. The first-order chi connectivity index (χ1) is 12.0. The van der Waals surface area contributed by atoms with Crippen molar-refractivity contribution < 1.29 is 4.79 Å². The van der Waals surface area contributed by atoms with E-state index in [1.807, 2.05) is 55.3 Å². The summed E-state index contributed by atoms with van der Waals surface area (Å²) in [6.45, 7) is 4.09. The van der Waals surface area contributed by atoms with Gasteiger partial charge in [-0.05, 0) is 37.6 Å². The number of nitrogens with zero attached hydrogens (tertiary/aromatic N) is 2. The van der Waals surface area contributed by atoms with Crippen LogP contribution in [0.5, 0.6) is 0 Å². The van der Waals surface area contributed by atoms with E-state index in [1.54, 1.807) is 0 Å². The Kier molecular flexibility index (Phi) is 5.22. The monoisotopic (exact) mass is 366 g/mol. The molecule has 0 fully saturated rings. The van der Waals surface area contributed by atoms with Gasteiger partial charge in [-0.25, -0.2) is 0 Å². The van der Waals surface area contributed by atoms with Crippen molar-refractivity contribution in [1.29, 1.82) is 5.26 Å². The van der Waals surface area contributed by atoms with Crippen LogP contribution in [0.4, 0.5) is 5.69 Å². The third-order valence-corrected chi connectivity index (χ3v) is 6.44. The van der Waals surface area contributed by atoms with Gasteiger partial charge in [-0.15, -0.1) is 11.8 Å². The highest BCUT2D eigenvalue weighted by molar-refractivity contribution is 8.03. The zero-order valence-electron chi connectivity index (χ0n) is 14.4. The molecular formula is C20H18N2OS2. The molecule has 3 rings (SSSR count). The molecule has 0 radical (unpaired) electrons. The number of benzene rings is 2. The van der Waals surface area contributed by atoms with Crippen LogP contribution in [0.15, 0.2) is 62.9 Å². The van der Waals surface area contributed by atoms with Gasteiger partial charge in [0.15, 0.2) is 5.78 Å². The first-order valence-corrected chi connectivity index (χ1v) is 9.69. The summed E-state index contributed by atoms with van der Waals surface area (Å²) in [5.74, 6) is 0.135. The van der Waals surface area contributed by atoms with E-state index in [0.29, 0.717) is 0 Å². The number of para-hydroxylation sites is 1. The number of Topliss-reactive ketones (excluding diaryl/α,β-unsaturated/α-hetero) is 1. The third kappa shape index (κ3) is 3.60. The molecule has 1 aliphatic rings. The minimum atomic E-state index is -0.130. The van der Waals surface area contributed by atoms with Gasteiger partial charge in [0.05, 0.1) is 11.4 Å². The number of thioether (sulfide) groups is 2. The lowest BCUT2D eigenvalue weighted by atomic mass is 10.2. The highest BCUT2D eigenvalue weighted by Crippen LogP contribution is 2.46. The maximum atomic E-state index is 12.7. The quantitative estimate of drug-likeness (QED) is 0.435.